The van der Waals surface area contributed by atoms with Gasteiger partial charge in [0.25, 0.3) is 11.8 Å². The van der Waals surface area contributed by atoms with Gasteiger partial charge in [-0.2, -0.15) is 0 Å². The van der Waals surface area contributed by atoms with Gasteiger partial charge in [-0.15, -0.1) is 11.8 Å². The Morgan fingerprint density at radius 2 is 1.80 bits per heavy atom. The predicted molar refractivity (Wildman–Crippen MR) is 209 cm³/mol. The summed E-state index contributed by atoms with van der Waals surface area (Å²) in [5, 5.41) is 4.96. The zero-order valence-corrected chi connectivity index (χ0v) is 32.8. The molecule has 3 aromatic rings. The van der Waals surface area contributed by atoms with Gasteiger partial charge in [0.05, 0.1) is 21.4 Å². The van der Waals surface area contributed by atoms with E-state index < -0.39 is 11.4 Å². The van der Waals surface area contributed by atoms with Crippen molar-refractivity contribution in [2.24, 2.45) is 10.9 Å². The van der Waals surface area contributed by atoms with Gasteiger partial charge in [0.1, 0.15) is 22.5 Å². The number of hydrazine groups is 1. The molecule has 2 amide bonds. The van der Waals surface area contributed by atoms with Gasteiger partial charge >= 0.3 is 0 Å². The summed E-state index contributed by atoms with van der Waals surface area (Å²) in [6.07, 6.45) is 2.99. The van der Waals surface area contributed by atoms with Crippen molar-refractivity contribution in [1.29, 1.82) is 0 Å². The average Bonchev–Trinajstić information content (AvgIpc) is 3.35. The van der Waals surface area contributed by atoms with Crippen molar-refractivity contribution < 1.29 is 14.3 Å². The fourth-order valence-corrected chi connectivity index (χ4v) is 8.13. The average molecular weight is 777 g/mol. The van der Waals surface area contributed by atoms with E-state index in [1.165, 1.54) is 28.9 Å². The number of nitrogens with zero attached hydrogens (tertiary/aromatic N) is 2. The van der Waals surface area contributed by atoms with Crippen molar-refractivity contribution in [3.63, 3.8) is 0 Å². The van der Waals surface area contributed by atoms with Crippen molar-refractivity contribution in [3.05, 3.63) is 91.5 Å². The van der Waals surface area contributed by atoms with Crippen LogP contribution in [0.3, 0.4) is 0 Å². The molecule has 2 N–H and O–H groups in total. The number of benzene rings is 3. The van der Waals surface area contributed by atoms with Crippen molar-refractivity contribution in [1.82, 2.24) is 5.43 Å². The van der Waals surface area contributed by atoms with Crippen LogP contribution in [0.5, 0.6) is 5.75 Å². The van der Waals surface area contributed by atoms with Crippen LogP contribution in [0.4, 0.5) is 11.4 Å². The lowest BCUT2D eigenvalue weighted by atomic mass is 9.81. The van der Waals surface area contributed by atoms with Gasteiger partial charge in [-0.25, -0.2) is 10.0 Å². The molecule has 1 saturated heterocycles. The molecule has 0 radical (unpaired) electrons. The first-order valence-corrected chi connectivity index (χ1v) is 19.2. The highest BCUT2D eigenvalue weighted by Crippen LogP contribution is 2.42. The van der Waals surface area contributed by atoms with Gasteiger partial charge in [0.15, 0.2) is 6.10 Å². The number of anilines is 2. The first-order valence-electron chi connectivity index (χ1n) is 16.8. The van der Waals surface area contributed by atoms with Crippen LogP contribution in [-0.4, -0.2) is 29.0 Å². The minimum Gasteiger partial charge on any atom is -0.480 e. The maximum absolute atomic E-state index is 14.2. The molecule has 266 valence electrons. The Balaban J connectivity index is 1.45. The lowest BCUT2D eigenvalue weighted by Gasteiger charge is -2.28. The Hall–Kier alpha value is -2.88. The molecule has 3 aromatic carbocycles. The highest BCUT2D eigenvalue weighted by molar-refractivity contribution is 8.01. The van der Waals surface area contributed by atoms with E-state index in [1.54, 1.807) is 6.07 Å². The number of nitrogens with one attached hydrogen (secondary N) is 2. The summed E-state index contributed by atoms with van der Waals surface area (Å²) in [6.45, 7) is 12.6. The van der Waals surface area contributed by atoms with Crippen LogP contribution in [0.25, 0.3) is 0 Å². The molecule has 1 aliphatic heterocycles. The van der Waals surface area contributed by atoms with Crippen LogP contribution in [0.15, 0.2) is 75.2 Å². The maximum atomic E-state index is 14.2. The number of ether oxygens (including phenoxy) is 1. The van der Waals surface area contributed by atoms with Crippen LogP contribution < -0.4 is 20.5 Å². The molecule has 1 fully saturated rings. The number of halogens is 4. The molecule has 0 spiro atoms. The van der Waals surface area contributed by atoms with Gasteiger partial charge in [-0.1, -0.05) is 111 Å². The first kappa shape index (κ1) is 38.4. The lowest BCUT2D eigenvalue weighted by Crippen LogP contribution is -2.36. The molecular weight excluding hydrogens is 734 g/mol. The summed E-state index contributed by atoms with van der Waals surface area (Å²) in [5.74, 6) is 0.832. The first-order chi connectivity index (χ1) is 23.7. The largest absolute Gasteiger partial charge is 0.480 e. The maximum Gasteiger partial charge on any atom is 0.267 e. The van der Waals surface area contributed by atoms with Gasteiger partial charge in [0.2, 0.25) is 0 Å². The van der Waals surface area contributed by atoms with Crippen molar-refractivity contribution in [2.45, 2.75) is 95.3 Å². The number of para-hydroxylation sites is 1. The van der Waals surface area contributed by atoms with E-state index in [4.69, 9.17) is 56.1 Å². The van der Waals surface area contributed by atoms with Crippen LogP contribution in [-0.2, 0) is 15.0 Å². The number of carbonyl (C=O) groups excluding carboxylic acids is 2. The lowest BCUT2D eigenvalue weighted by molar-refractivity contribution is -0.123. The number of amides is 2. The normalized spacial score (nSPS) is 19.5. The number of aryl methyl sites for hydroxylation is 1. The van der Waals surface area contributed by atoms with Gasteiger partial charge in [0, 0.05) is 20.5 Å². The monoisotopic (exact) mass is 774 g/mol. The number of thioether (sulfide) groups is 1. The topological polar surface area (TPSA) is 83.0 Å². The number of hydrogen-bond donors (Lipinski definition) is 2. The SMILES string of the molecule is CCC(Oc1ccc(C)cc1C(C)(C)CC)C(=O)Nc1ccccc1SC1C(=O)N(c2c(Cl)cc(Cl)cc2Cl)NC1=NC1=C(Cl)CCC(C)C1. The van der Waals surface area contributed by atoms with Crippen molar-refractivity contribution in [2.75, 3.05) is 10.3 Å². The van der Waals surface area contributed by atoms with E-state index in [0.29, 0.717) is 57.4 Å². The molecule has 0 bridgehead atoms. The number of rotatable bonds is 11. The third kappa shape index (κ3) is 8.59. The molecule has 3 unspecified atom stereocenters. The third-order valence-corrected chi connectivity index (χ3v) is 11.6. The molecular formula is C38H42Cl4N4O3S. The number of carbonyl (C=O) groups is 2. The molecule has 0 saturated carbocycles. The van der Waals surface area contributed by atoms with E-state index in [0.717, 1.165) is 29.7 Å². The number of allylic oxidation sites excluding steroid dienone is 2. The molecule has 12 heteroatoms. The summed E-state index contributed by atoms with van der Waals surface area (Å²) in [6, 6.07) is 16.5. The molecule has 0 aromatic heterocycles. The number of aliphatic imine (C=N–C) groups is 1. The Morgan fingerprint density at radius 3 is 2.48 bits per heavy atom. The number of amidine groups is 1. The quantitative estimate of drug-likeness (QED) is 0.203. The zero-order valence-electron chi connectivity index (χ0n) is 29.0. The summed E-state index contributed by atoms with van der Waals surface area (Å²) in [7, 11) is 0. The second-order valence-corrected chi connectivity index (χ2v) is 16.3. The Bertz CT molecular complexity index is 1820. The molecule has 7 nitrogen and oxygen atoms in total. The molecule has 5 rings (SSSR count). The summed E-state index contributed by atoms with van der Waals surface area (Å²) in [4.78, 5) is 33.6. The number of hydrogen-bond acceptors (Lipinski definition) is 5. The van der Waals surface area contributed by atoms with Crippen LogP contribution in [0, 0.1) is 12.8 Å². The standard InChI is InChI=1S/C38H42Cl4N4O3S/c1-7-30(49-31-16-14-21(3)17-24(31)38(5,6)8-2)36(47)44-28-11-9-10-12-32(28)50-34-35(43-29-18-22(4)13-15-25(29)40)45-46(37(34)48)33-26(41)19-23(39)20-27(33)42/h9-12,14,16-17,19-20,22,30,34H,7-8,13,15,18H2,1-6H3,(H,43,45)(H,44,47). The van der Waals surface area contributed by atoms with Crippen molar-refractivity contribution in [3.8, 4) is 5.75 Å². The molecule has 3 atom stereocenters. The van der Waals surface area contributed by atoms with E-state index in [1.807, 2.05) is 37.3 Å². The third-order valence-electron chi connectivity index (χ3n) is 9.16. The van der Waals surface area contributed by atoms with Crippen LogP contribution in [0.1, 0.15) is 77.8 Å². The summed E-state index contributed by atoms with van der Waals surface area (Å²) >= 11 is 27.2. The van der Waals surface area contributed by atoms with Gasteiger partial charge < -0.3 is 10.1 Å². The van der Waals surface area contributed by atoms with Crippen molar-refractivity contribution >= 4 is 87.2 Å². The zero-order chi connectivity index (χ0) is 36.3. The second-order valence-electron chi connectivity index (χ2n) is 13.4. The second kappa shape index (κ2) is 16.2. The summed E-state index contributed by atoms with van der Waals surface area (Å²) in [5.41, 5.74) is 6.75. The van der Waals surface area contributed by atoms with E-state index in [2.05, 4.69) is 51.4 Å². The minimum atomic E-state index is -0.838. The summed E-state index contributed by atoms with van der Waals surface area (Å²) < 4.78 is 6.42. The predicted octanol–water partition coefficient (Wildman–Crippen LogP) is 11.1. The highest BCUT2D eigenvalue weighted by Gasteiger charge is 2.42. The van der Waals surface area contributed by atoms with Gasteiger partial charge in [-0.05, 0) is 80.7 Å². The fraction of sp³-hybridized carbons (Fsp3) is 0.395. The van der Waals surface area contributed by atoms with E-state index in [-0.39, 0.29) is 33.0 Å². The fourth-order valence-electron chi connectivity index (χ4n) is 5.83. The molecule has 1 heterocycles. The Labute approximate surface area is 319 Å². The molecule has 50 heavy (non-hydrogen) atoms. The smallest absolute Gasteiger partial charge is 0.267 e. The van der Waals surface area contributed by atoms with E-state index in [9.17, 15) is 9.59 Å². The minimum absolute atomic E-state index is 0.134. The van der Waals surface area contributed by atoms with Crippen LogP contribution >= 0.6 is 58.2 Å². The van der Waals surface area contributed by atoms with Crippen LogP contribution in [0.2, 0.25) is 15.1 Å². The Kier molecular flexibility index (Phi) is 12.4. The Morgan fingerprint density at radius 1 is 1.10 bits per heavy atom. The molecule has 2 aliphatic rings. The molecule has 1 aliphatic carbocycles. The van der Waals surface area contributed by atoms with E-state index >= 15 is 0 Å². The highest BCUT2D eigenvalue weighted by atomic mass is 35.5. The van der Waals surface area contributed by atoms with Gasteiger partial charge in [-0.3, -0.25) is 15.0 Å².